The zero-order valence-electron chi connectivity index (χ0n) is 16.8. The normalized spacial score (nSPS) is 18.2. The third kappa shape index (κ3) is 4.01. The van der Waals surface area contributed by atoms with E-state index in [2.05, 4.69) is 43.0 Å². The number of ether oxygens (including phenoxy) is 1. The fourth-order valence-electron chi connectivity index (χ4n) is 3.79. The van der Waals surface area contributed by atoms with Crippen molar-refractivity contribution < 1.29 is 4.74 Å². The van der Waals surface area contributed by atoms with Crippen molar-refractivity contribution in [3.63, 3.8) is 0 Å². The highest BCUT2D eigenvalue weighted by Crippen LogP contribution is 2.43. The second-order valence-corrected chi connectivity index (χ2v) is 7.48. The first-order valence-electron chi connectivity index (χ1n) is 10.1. The molecule has 3 nitrogen and oxygen atoms in total. The minimum atomic E-state index is -0.212. The summed E-state index contributed by atoms with van der Waals surface area (Å²) in [5, 5.41) is 0.712. The molecule has 4 rings (SSSR count). The van der Waals surface area contributed by atoms with Crippen molar-refractivity contribution in [2.45, 2.75) is 26.0 Å². The van der Waals surface area contributed by atoms with Crippen LogP contribution in [0.15, 0.2) is 83.9 Å². The quantitative estimate of drug-likeness (QED) is 0.471. The zero-order valence-corrected chi connectivity index (χ0v) is 17.5. The third-order valence-electron chi connectivity index (χ3n) is 5.38. The van der Waals surface area contributed by atoms with Crippen molar-refractivity contribution in [2.75, 3.05) is 18.0 Å². The number of anilines is 1. The van der Waals surface area contributed by atoms with Crippen LogP contribution in [0.5, 0.6) is 0 Å². The smallest absolute Gasteiger partial charge is 0.217 e. The molecule has 0 spiro atoms. The number of halogens is 1. The van der Waals surface area contributed by atoms with Crippen molar-refractivity contribution in [1.82, 2.24) is 0 Å². The Bertz CT molecular complexity index is 981. The highest BCUT2D eigenvalue weighted by molar-refractivity contribution is 6.31. The molecule has 0 saturated heterocycles. The maximum Gasteiger partial charge on any atom is 0.217 e. The molecular formula is C25H25ClN2O. The van der Waals surface area contributed by atoms with Gasteiger partial charge in [-0.05, 0) is 55.3 Å². The predicted molar refractivity (Wildman–Crippen MR) is 121 cm³/mol. The zero-order chi connectivity index (χ0) is 20.2. The Morgan fingerprint density at radius 2 is 1.52 bits per heavy atom. The first kappa shape index (κ1) is 19.5. The summed E-state index contributed by atoms with van der Waals surface area (Å²) < 4.78 is 6.39. The summed E-state index contributed by atoms with van der Waals surface area (Å²) in [7, 11) is 0. The van der Waals surface area contributed by atoms with E-state index >= 15 is 0 Å². The molecule has 0 bridgehead atoms. The minimum Gasteiger partial charge on any atom is -0.467 e. The molecule has 0 N–H and O–H groups in total. The van der Waals surface area contributed by atoms with Gasteiger partial charge in [-0.2, -0.15) is 0 Å². The maximum absolute atomic E-state index is 6.52. The molecule has 29 heavy (non-hydrogen) atoms. The summed E-state index contributed by atoms with van der Waals surface area (Å²) in [6.07, 6.45) is -0.212. The van der Waals surface area contributed by atoms with Gasteiger partial charge in [-0.25, -0.2) is 4.99 Å². The Balaban J connectivity index is 1.70. The molecule has 2 atom stereocenters. The van der Waals surface area contributed by atoms with Crippen LogP contribution < -0.4 is 4.90 Å². The van der Waals surface area contributed by atoms with Gasteiger partial charge in [0, 0.05) is 29.4 Å². The van der Waals surface area contributed by atoms with Crippen LogP contribution in [0, 0.1) is 0 Å². The molecule has 0 aromatic heterocycles. The van der Waals surface area contributed by atoms with E-state index in [9.17, 15) is 0 Å². The Labute approximate surface area is 177 Å². The Kier molecular flexibility index (Phi) is 5.86. The summed E-state index contributed by atoms with van der Waals surface area (Å²) in [6.45, 7) is 6.31. The molecule has 0 fully saturated rings. The topological polar surface area (TPSA) is 24.8 Å². The molecule has 1 heterocycles. The van der Waals surface area contributed by atoms with Crippen LogP contribution in [0.3, 0.4) is 0 Å². The standard InChI is InChI=1S/C25H25ClN2O/c1-3-28(4-2)20-16-14-18(15-17-20)24-23(21-12-8-9-13-22(21)26)27-25(29-24)19-10-6-5-7-11-19/h5-17,23-24H,3-4H2,1-2H3. The lowest BCUT2D eigenvalue weighted by Crippen LogP contribution is -2.21. The minimum absolute atomic E-state index is 0.182. The SMILES string of the molecule is CCN(CC)c1ccc(C2OC(c3ccccc3)=NC2c2ccccc2Cl)cc1. The lowest BCUT2D eigenvalue weighted by molar-refractivity contribution is 0.197. The van der Waals surface area contributed by atoms with Gasteiger partial charge in [0.15, 0.2) is 6.10 Å². The molecule has 4 heteroatoms. The van der Waals surface area contributed by atoms with Gasteiger partial charge in [-0.15, -0.1) is 0 Å². The van der Waals surface area contributed by atoms with Gasteiger partial charge < -0.3 is 9.64 Å². The summed E-state index contributed by atoms with van der Waals surface area (Å²) in [5.74, 6) is 0.660. The third-order valence-corrected chi connectivity index (χ3v) is 5.72. The summed E-state index contributed by atoms with van der Waals surface area (Å²) in [5.41, 5.74) is 4.28. The van der Waals surface area contributed by atoms with Crippen LogP contribution in [0.2, 0.25) is 5.02 Å². The van der Waals surface area contributed by atoms with Gasteiger partial charge in [-0.3, -0.25) is 0 Å². The second kappa shape index (κ2) is 8.71. The second-order valence-electron chi connectivity index (χ2n) is 7.07. The van der Waals surface area contributed by atoms with Crippen LogP contribution in [0.4, 0.5) is 5.69 Å². The van der Waals surface area contributed by atoms with Crippen LogP contribution in [-0.4, -0.2) is 19.0 Å². The number of hydrogen-bond donors (Lipinski definition) is 0. The van der Waals surface area contributed by atoms with Crippen molar-refractivity contribution >= 4 is 23.2 Å². The van der Waals surface area contributed by atoms with E-state index in [0.29, 0.717) is 10.9 Å². The van der Waals surface area contributed by atoms with E-state index < -0.39 is 0 Å². The molecule has 0 amide bonds. The van der Waals surface area contributed by atoms with E-state index in [1.165, 1.54) is 5.69 Å². The molecule has 0 saturated carbocycles. The lowest BCUT2D eigenvalue weighted by atomic mass is 9.96. The molecule has 1 aliphatic heterocycles. The Morgan fingerprint density at radius 3 is 2.17 bits per heavy atom. The average molecular weight is 405 g/mol. The van der Waals surface area contributed by atoms with Crippen LogP contribution in [-0.2, 0) is 4.74 Å². The fraction of sp³-hybridized carbons (Fsp3) is 0.240. The fourth-order valence-corrected chi connectivity index (χ4v) is 4.04. The van der Waals surface area contributed by atoms with E-state index in [1.54, 1.807) is 0 Å². The monoisotopic (exact) mass is 404 g/mol. The molecule has 3 aromatic rings. The molecule has 3 aromatic carbocycles. The van der Waals surface area contributed by atoms with E-state index in [1.807, 2.05) is 54.6 Å². The average Bonchev–Trinajstić information content (AvgIpc) is 3.21. The largest absolute Gasteiger partial charge is 0.467 e. The number of benzene rings is 3. The van der Waals surface area contributed by atoms with Crippen LogP contribution in [0.1, 0.15) is 42.7 Å². The molecule has 2 unspecified atom stereocenters. The van der Waals surface area contributed by atoms with Gasteiger partial charge in [0.2, 0.25) is 5.90 Å². The summed E-state index contributed by atoms with van der Waals surface area (Å²) >= 11 is 6.52. The van der Waals surface area contributed by atoms with Gasteiger partial charge in [0.05, 0.1) is 0 Å². The van der Waals surface area contributed by atoms with Crippen molar-refractivity contribution in [1.29, 1.82) is 0 Å². The van der Waals surface area contributed by atoms with Gasteiger partial charge in [0.1, 0.15) is 6.04 Å². The molecule has 148 valence electrons. The Morgan fingerprint density at radius 1 is 0.862 bits per heavy atom. The van der Waals surface area contributed by atoms with Gasteiger partial charge in [-0.1, -0.05) is 60.1 Å². The van der Waals surface area contributed by atoms with Crippen molar-refractivity contribution in [3.05, 3.63) is 101 Å². The first-order valence-corrected chi connectivity index (χ1v) is 10.5. The Hall–Kier alpha value is -2.78. The van der Waals surface area contributed by atoms with E-state index in [-0.39, 0.29) is 12.1 Å². The number of hydrogen-bond acceptors (Lipinski definition) is 3. The summed E-state index contributed by atoms with van der Waals surface area (Å²) in [4.78, 5) is 7.27. The van der Waals surface area contributed by atoms with E-state index in [4.69, 9.17) is 21.3 Å². The summed E-state index contributed by atoms with van der Waals surface area (Å²) in [6, 6.07) is 26.3. The van der Waals surface area contributed by atoms with E-state index in [0.717, 1.165) is 29.8 Å². The highest BCUT2D eigenvalue weighted by atomic mass is 35.5. The number of nitrogens with zero attached hydrogens (tertiary/aromatic N) is 2. The first-order chi connectivity index (χ1) is 14.2. The maximum atomic E-state index is 6.52. The number of rotatable bonds is 6. The van der Waals surface area contributed by atoms with Crippen molar-refractivity contribution in [2.24, 2.45) is 4.99 Å². The molecule has 1 aliphatic rings. The van der Waals surface area contributed by atoms with Crippen LogP contribution >= 0.6 is 11.6 Å². The lowest BCUT2D eigenvalue weighted by Gasteiger charge is -2.23. The molecular weight excluding hydrogens is 380 g/mol. The van der Waals surface area contributed by atoms with Crippen LogP contribution in [0.25, 0.3) is 0 Å². The molecule has 0 radical (unpaired) electrons. The van der Waals surface area contributed by atoms with Gasteiger partial charge >= 0.3 is 0 Å². The van der Waals surface area contributed by atoms with Gasteiger partial charge in [0.25, 0.3) is 0 Å². The van der Waals surface area contributed by atoms with Crippen molar-refractivity contribution in [3.8, 4) is 0 Å². The highest BCUT2D eigenvalue weighted by Gasteiger charge is 2.35. The number of aliphatic imine (C=N–C) groups is 1. The molecule has 0 aliphatic carbocycles. The predicted octanol–water partition coefficient (Wildman–Crippen LogP) is 6.45.